The van der Waals surface area contributed by atoms with Crippen molar-refractivity contribution in [1.29, 1.82) is 0 Å². The Morgan fingerprint density at radius 3 is 2.82 bits per heavy atom. The molecular weight excluding hydrogens is 179 g/mol. The lowest BCUT2D eigenvalue weighted by Crippen LogP contribution is -1.90. The van der Waals surface area contributed by atoms with E-state index in [1.807, 2.05) is 12.3 Å². The van der Waals surface area contributed by atoms with E-state index in [-0.39, 0.29) is 5.82 Å². The Bertz CT molecular complexity index is 271. The van der Waals surface area contributed by atoms with Crippen LogP contribution in [-0.4, -0.2) is 10.5 Å². The molecule has 0 atom stereocenters. The number of hydrogen-bond acceptors (Lipinski definition) is 2. The van der Waals surface area contributed by atoms with Gasteiger partial charge in [-0.15, -0.1) is 11.8 Å². The van der Waals surface area contributed by atoms with Gasteiger partial charge in [0.1, 0.15) is 5.82 Å². The van der Waals surface area contributed by atoms with Gasteiger partial charge in [-0.1, -0.05) is 24.4 Å². The molecule has 0 N–H and O–H groups in total. The lowest BCUT2D eigenvalue weighted by atomic mass is 10.2. The van der Waals surface area contributed by atoms with Crippen molar-refractivity contribution in [2.45, 2.75) is 0 Å². The first-order valence-electron chi connectivity index (χ1n) is 3.08. The van der Waals surface area contributed by atoms with Crippen LogP contribution < -0.4 is 0 Å². The highest BCUT2D eigenvalue weighted by molar-refractivity contribution is 8.23. The van der Waals surface area contributed by atoms with Gasteiger partial charge in [0.15, 0.2) is 0 Å². The molecule has 0 amide bonds. The van der Waals surface area contributed by atoms with Crippen LogP contribution in [0.1, 0.15) is 5.56 Å². The number of rotatable bonds is 1. The van der Waals surface area contributed by atoms with Crippen LogP contribution in [-0.2, 0) is 0 Å². The molecule has 0 heterocycles. The zero-order valence-corrected chi connectivity index (χ0v) is 7.64. The van der Waals surface area contributed by atoms with E-state index in [4.69, 9.17) is 12.2 Å². The first-order chi connectivity index (χ1) is 5.24. The molecule has 0 aromatic heterocycles. The summed E-state index contributed by atoms with van der Waals surface area (Å²) in [5.74, 6) is -0.237. The van der Waals surface area contributed by atoms with E-state index in [2.05, 4.69) is 0 Å². The summed E-state index contributed by atoms with van der Waals surface area (Å²) in [5, 5.41) is 0. The molecule has 0 fully saturated rings. The quantitative estimate of drug-likeness (QED) is 0.618. The first kappa shape index (κ1) is 8.68. The third kappa shape index (κ3) is 2.27. The Kier molecular flexibility index (Phi) is 3.02. The molecular formula is C8H7FS2. The molecule has 0 nitrogen and oxygen atoms in total. The van der Waals surface area contributed by atoms with Crippen LogP contribution in [0, 0.1) is 5.82 Å². The molecule has 1 aromatic carbocycles. The van der Waals surface area contributed by atoms with Crippen molar-refractivity contribution in [2.75, 3.05) is 6.26 Å². The molecule has 0 aliphatic carbocycles. The van der Waals surface area contributed by atoms with Crippen LogP contribution in [0.5, 0.6) is 0 Å². The third-order valence-electron chi connectivity index (χ3n) is 1.25. The number of halogens is 1. The van der Waals surface area contributed by atoms with Gasteiger partial charge in [-0.2, -0.15) is 0 Å². The van der Waals surface area contributed by atoms with E-state index in [0.717, 1.165) is 9.76 Å². The van der Waals surface area contributed by atoms with Gasteiger partial charge in [-0.05, 0) is 18.4 Å². The summed E-state index contributed by atoms with van der Waals surface area (Å²) in [7, 11) is 0. The highest BCUT2D eigenvalue weighted by Gasteiger charge is 1.98. The van der Waals surface area contributed by atoms with Gasteiger partial charge in [0.2, 0.25) is 0 Å². The normalized spacial score (nSPS) is 9.64. The number of thioether (sulfide) groups is 1. The summed E-state index contributed by atoms with van der Waals surface area (Å²) in [6.45, 7) is 0. The molecule has 11 heavy (non-hydrogen) atoms. The fourth-order valence-electron chi connectivity index (χ4n) is 0.733. The summed E-state index contributed by atoms with van der Waals surface area (Å²) in [6.07, 6.45) is 1.88. The van der Waals surface area contributed by atoms with E-state index in [9.17, 15) is 4.39 Å². The maximum atomic E-state index is 12.6. The van der Waals surface area contributed by atoms with E-state index in [0.29, 0.717) is 0 Å². The van der Waals surface area contributed by atoms with E-state index in [1.54, 1.807) is 6.07 Å². The van der Waals surface area contributed by atoms with Gasteiger partial charge in [0.25, 0.3) is 0 Å². The predicted octanol–water partition coefficient (Wildman–Crippen LogP) is 2.86. The first-order valence-corrected chi connectivity index (χ1v) is 4.71. The average Bonchev–Trinajstić information content (AvgIpc) is 2.03. The summed E-state index contributed by atoms with van der Waals surface area (Å²) in [4.78, 5) is 0. The van der Waals surface area contributed by atoms with Gasteiger partial charge >= 0.3 is 0 Å². The zero-order chi connectivity index (χ0) is 8.27. The molecule has 0 saturated carbocycles. The second-order valence-electron chi connectivity index (χ2n) is 2.00. The van der Waals surface area contributed by atoms with Crippen LogP contribution in [0.3, 0.4) is 0 Å². The Labute approximate surface area is 74.8 Å². The van der Waals surface area contributed by atoms with Crippen molar-refractivity contribution in [3.05, 3.63) is 35.6 Å². The van der Waals surface area contributed by atoms with E-state index in [1.165, 1.54) is 23.9 Å². The van der Waals surface area contributed by atoms with E-state index < -0.39 is 0 Å². The molecule has 0 saturated heterocycles. The van der Waals surface area contributed by atoms with Gasteiger partial charge in [0, 0.05) is 5.56 Å². The smallest absolute Gasteiger partial charge is 0.123 e. The predicted molar refractivity (Wildman–Crippen MR) is 51.6 cm³/mol. The lowest BCUT2D eigenvalue weighted by molar-refractivity contribution is 0.627. The van der Waals surface area contributed by atoms with Crippen LogP contribution in [0.4, 0.5) is 4.39 Å². The van der Waals surface area contributed by atoms with Crippen LogP contribution in [0.25, 0.3) is 0 Å². The number of hydrogen-bond donors (Lipinski definition) is 0. The van der Waals surface area contributed by atoms with Crippen LogP contribution >= 0.6 is 24.0 Å². The molecule has 0 aliphatic rings. The zero-order valence-electron chi connectivity index (χ0n) is 6.00. The van der Waals surface area contributed by atoms with Crippen molar-refractivity contribution in [2.24, 2.45) is 0 Å². The maximum absolute atomic E-state index is 12.6. The molecule has 0 bridgehead atoms. The minimum atomic E-state index is -0.237. The molecule has 0 radical (unpaired) electrons. The van der Waals surface area contributed by atoms with Gasteiger partial charge in [-0.25, -0.2) is 4.39 Å². The Morgan fingerprint density at radius 2 is 2.27 bits per heavy atom. The number of thiocarbonyl (C=S) groups is 1. The Hall–Kier alpha value is -0.410. The van der Waals surface area contributed by atoms with Crippen molar-refractivity contribution < 1.29 is 4.39 Å². The van der Waals surface area contributed by atoms with Gasteiger partial charge in [-0.3, -0.25) is 0 Å². The molecule has 3 heteroatoms. The van der Waals surface area contributed by atoms with Crippen molar-refractivity contribution in [3.8, 4) is 0 Å². The SMILES string of the molecule is CSC(=S)c1cccc(F)c1. The van der Waals surface area contributed by atoms with Crippen molar-refractivity contribution >= 4 is 28.2 Å². The van der Waals surface area contributed by atoms with Crippen molar-refractivity contribution in [1.82, 2.24) is 0 Å². The standard InChI is InChI=1S/C8H7FS2/c1-11-8(10)6-3-2-4-7(9)5-6/h2-5H,1H3. The Morgan fingerprint density at radius 1 is 1.55 bits per heavy atom. The average molecular weight is 186 g/mol. The summed E-state index contributed by atoms with van der Waals surface area (Å²) in [6, 6.07) is 6.32. The van der Waals surface area contributed by atoms with E-state index >= 15 is 0 Å². The minimum Gasteiger partial charge on any atom is -0.207 e. The van der Waals surface area contributed by atoms with Crippen LogP contribution in [0.2, 0.25) is 0 Å². The van der Waals surface area contributed by atoms with Crippen LogP contribution in [0.15, 0.2) is 24.3 Å². The largest absolute Gasteiger partial charge is 0.207 e. The molecule has 0 aliphatic heterocycles. The summed E-state index contributed by atoms with van der Waals surface area (Å²) in [5.41, 5.74) is 0.785. The highest BCUT2D eigenvalue weighted by atomic mass is 32.2. The molecule has 1 aromatic rings. The third-order valence-corrected chi connectivity index (χ3v) is 2.59. The lowest BCUT2D eigenvalue weighted by Gasteiger charge is -1.98. The second-order valence-corrected chi connectivity index (χ2v) is 3.49. The fraction of sp³-hybridized carbons (Fsp3) is 0.125. The topological polar surface area (TPSA) is 0 Å². The Balaban J connectivity index is 2.96. The molecule has 1 rings (SSSR count). The molecule has 0 spiro atoms. The number of benzene rings is 1. The fourth-order valence-corrected chi connectivity index (χ4v) is 1.22. The van der Waals surface area contributed by atoms with Gasteiger partial charge in [0.05, 0.1) is 4.20 Å². The summed E-state index contributed by atoms with van der Waals surface area (Å²) >= 11 is 6.43. The molecule has 58 valence electrons. The minimum absolute atomic E-state index is 0.237. The summed E-state index contributed by atoms with van der Waals surface area (Å²) < 4.78 is 13.3. The van der Waals surface area contributed by atoms with Gasteiger partial charge < -0.3 is 0 Å². The molecule has 0 unspecified atom stereocenters. The maximum Gasteiger partial charge on any atom is 0.123 e. The van der Waals surface area contributed by atoms with Crippen molar-refractivity contribution in [3.63, 3.8) is 0 Å². The second kappa shape index (κ2) is 3.83. The highest BCUT2D eigenvalue weighted by Crippen LogP contribution is 2.11. The monoisotopic (exact) mass is 186 g/mol.